The first-order valence-electron chi connectivity index (χ1n) is 10.7. The first-order chi connectivity index (χ1) is 15.4. The fourth-order valence-electron chi connectivity index (χ4n) is 4.38. The average Bonchev–Trinajstić information content (AvgIpc) is 2.84. The van der Waals surface area contributed by atoms with E-state index in [0.717, 1.165) is 16.8 Å². The minimum atomic E-state index is -3.67. The summed E-state index contributed by atoms with van der Waals surface area (Å²) in [6.45, 7) is 2.42. The number of carbonyl (C=O) groups is 1. The zero-order valence-corrected chi connectivity index (χ0v) is 18.6. The summed E-state index contributed by atoms with van der Waals surface area (Å²) in [5.41, 5.74) is 3.65. The normalized spacial score (nSPS) is 19.5. The molecule has 1 amide bonds. The van der Waals surface area contributed by atoms with E-state index in [2.05, 4.69) is 9.88 Å². The largest absolute Gasteiger partial charge is 0.381 e. The molecule has 10 heteroatoms. The third kappa shape index (κ3) is 4.78. The molecule has 2 aliphatic heterocycles. The maximum Gasteiger partial charge on any atom is 0.250 e. The first kappa shape index (κ1) is 22.7. The Labute approximate surface area is 188 Å². The summed E-state index contributed by atoms with van der Waals surface area (Å²) in [5.74, 6) is -0.980. The third-order valence-corrected chi connectivity index (χ3v) is 8.42. The number of hydrogen-bond acceptors (Lipinski definition) is 7. The van der Waals surface area contributed by atoms with Gasteiger partial charge in [-0.2, -0.15) is 4.31 Å². The highest BCUT2D eigenvalue weighted by atomic mass is 32.2. The van der Waals surface area contributed by atoms with E-state index < -0.39 is 21.3 Å². The van der Waals surface area contributed by atoms with E-state index in [4.69, 9.17) is 9.94 Å². The highest BCUT2D eigenvalue weighted by molar-refractivity contribution is 7.89. The topological polar surface area (TPSA) is 112 Å². The fraction of sp³-hybridized carbons (Fsp3) is 0.455. The van der Waals surface area contributed by atoms with Crippen LogP contribution in [0.1, 0.15) is 12.8 Å². The van der Waals surface area contributed by atoms with Crippen molar-refractivity contribution in [2.75, 3.05) is 50.0 Å². The van der Waals surface area contributed by atoms with Crippen LogP contribution in [0.15, 0.2) is 48.8 Å². The number of amides is 1. The Balaban J connectivity index is 1.40. The summed E-state index contributed by atoms with van der Waals surface area (Å²) in [6, 6.07) is 12.1. The highest BCUT2D eigenvalue weighted by Crippen LogP contribution is 2.34. The Kier molecular flexibility index (Phi) is 6.75. The van der Waals surface area contributed by atoms with Crippen LogP contribution in [0.4, 0.5) is 5.69 Å². The molecule has 0 saturated carbocycles. The number of hydrogen-bond donors (Lipinski definition) is 2. The number of rotatable bonds is 6. The quantitative estimate of drug-likeness (QED) is 0.496. The van der Waals surface area contributed by atoms with Crippen LogP contribution in [0.3, 0.4) is 0 Å². The molecule has 3 heterocycles. The zero-order valence-electron chi connectivity index (χ0n) is 17.8. The standard InChI is InChI=1S/C22H28N4O5S/c27-21(24-28)22(7-14-31-15-8-22)17-32(29,30)26-12-10-25(11-13-26)20-5-3-18(4-6-20)19-2-1-9-23-16-19/h1-6,9,16,28H,7-8,10-15,17H2,(H,24,27). The van der Waals surface area contributed by atoms with Gasteiger partial charge in [-0.25, -0.2) is 13.9 Å². The van der Waals surface area contributed by atoms with Gasteiger partial charge in [-0.1, -0.05) is 18.2 Å². The molecule has 172 valence electrons. The average molecular weight is 461 g/mol. The lowest BCUT2D eigenvalue weighted by molar-refractivity contribution is -0.143. The minimum absolute atomic E-state index is 0.266. The number of nitrogens with one attached hydrogen (secondary N) is 1. The van der Waals surface area contributed by atoms with E-state index in [9.17, 15) is 13.2 Å². The lowest BCUT2D eigenvalue weighted by atomic mass is 9.81. The summed E-state index contributed by atoms with van der Waals surface area (Å²) in [7, 11) is -3.67. The lowest BCUT2D eigenvalue weighted by Gasteiger charge is -2.39. The molecule has 2 fully saturated rings. The van der Waals surface area contributed by atoms with E-state index in [0.29, 0.717) is 39.4 Å². The predicted molar refractivity (Wildman–Crippen MR) is 120 cm³/mol. The molecular formula is C22H28N4O5S. The van der Waals surface area contributed by atoms with E-state index in [1.807, 2.05) is 42.6 Å². The molecule has 2 N–H and O–H groups in total. The van der Waals surface area contributed by atoms with Crippen LogP contribution in [0.2, 0.25) is 0 Å². The van der Waals surface area contributed by atoms with Gasteiger partial charge in [0.15, 0.2) is 0 Å². The molecule has 0 spiro atoms. The third-order valence-electron chi connectivity index (χ3n) is 6.35. The molecule has 0 bridgehead atoms. The Hall–Kier alpha value is -2.53. The maximum absolute atomic E-state index is 13.1. The fourth-order valence-corrected chi connectivity index (χ4v) is 6.40. The van der Waals surface area contributed by atoms with Crippen LogP contribution in [-0.4, -0.2) is 74.0 Å². The van der Waals surface area contributed by atoms with Crippen molar-refractivity contribution in [2.24, 2.45) is 5.41 Å². The van der Waals surface area contributed by atoms with E-state index in [1.165, 1.54) is 4.31 Å². The van der Waals surface area contributed by atoms with Gasteiger partial charge in [0.25, 0.3) is 5.91 Å². The summed E-state index contributed by atoms with van der Waals surface area (Å²) in [6.07, 6.45) is 4.09. The van der Waals surface area contributed by atoms with Crippen LogP contribution in [-0.2, 0) is 19.6 Å². The van der Waals surface area contributed by atoms with Crippen LogP contribution >= 0.6 is 0 Å². The van der Waals surface area contributed by atoms with Crippen LogP contribution in [0.25, 0.3) is 11.1 Å². The molecule has 1 aromatic carbocycles. The molecule has 32 heavy (non-hydrogen) atoms. The van der Waals surface area contributed by atoms with Gasteiger partial charge in [-0.3, -0.25) is 15.0 Å². The minimum Gasteiger partial charge on any atom is -0.381 e. The zero-order chi connectivity index (χ0) is 22.6. The van der Waals surface area contributed by atoms with Gasteiger partial charge in [0.1, 0.15) is 0 Å². The van der Waals surface area contributed by atoms with E-state index in [1.54, 1.807) is 11.7 Å². The van der Waals surface area contributed by atoms with Crippen molar-refractivity contribution in [2.45, 2.75) is 12.8 Å². The molecule has 0 atom stereocenters. The maximum atomic E-state index is 13.1. The molecule has 0 unspecified atom stereocenters. The Morgan fingerprint density at radius 2 is 1.75 bits per heavy atom. The Morgan fingerprint density at radius 3 is 2.34 bits per heavy atom. The SMILES string of the molecule is O=C(NO)C1(CS(=O)(=O)N2CCN(c3ccc(-c4cccnc4)cc3)CC2)CCOCC1. The van der Waals surface area contributed by atoms with Gasteiger partial charge in [-0.05, 0) is 42.2 Å². The number of piperazine rings is 1. The van der Waals surface area contributed by atoms with Crippen molar-refractivity contribution in [3.8, 4) is 11.1 Å². The van der Waals surface area contributed by atoms with Gasteiger partial charge >= 0.3 is 0 Å². The number of carbonyl (C=O) groups excluding carboxylic acids is 1. The van der Waals surface area contributed by atoms with E-state index >= 15 is 0 Å². The number of nitrogens with zero attached hydrogens (tertiary/aromatic N) is 3. The van der Waals surface area contributed by atoms with Gasteiger partial charge in [0, 0.05) is 57.5 Å². The van der Waals surface area contributed by atoms with Crippen LogP contribution in [0, 0.1) is 5.41 Å². The number of benzene rings is 1. The van der Waals surface area contributed by atoms with Gasteiger partial charge in [-0.15, -0.1) is 0 Å². The molecule has 4 rings (SSSR count). The van der Waals surface area contributed by atoms with Crippen molar-refractivity contribution < 1.29 is 23.2 Å². The van der Waals surface area contributed by atoms with Gasteiger partial charge in [0.05, 0.1) is 11.2 Å². The number of pyridine rings is 1. The summed E-state index contributed by atoms with van der Waals surface area (Å²) >= 11 is 0. The number of sulfonamides is 1. The molecule has 0 aliphatic carbocycles. The summed E-state index contributed by atoms with van der Waals surface area (Å²) < 4.78 is 33.0. The second-order valence-corrected chi connectivity index (χ2v) is 10.2. The second kappa shape index (κ2) is 9.53. The molecule has 2 aliphatic rings. The number of aromatic nitrogens is 1. The number of hydroxylamine groups is 1. The Morgan fingerprint density at radius 1 is 1.06 bits per heavy atom. The smallest absolute Gasteiger partial charge is 0.250 e. The van der Waals surface area contributed by atoms with Crippen LogP contribution in [0.5, 0.6) is 0 Å². The van der Waals surface area contributed by atoms with Gasteiger partial charge < -0.3 is 9.64 Å². The molecule has 2 aromatic rings. The van der Waals surface area contributed by atoms with Crippen molar-refractivity contribution in [3.05, 3.63) is 48.8 Å². The number of ether oxygens (including phenoxy) is 1. The van der Waals surface area contributed by atoms with Crippen molar-refractivity contribution >= 4 is 21.6 Å². The van der Waals surface area contributed by atoms with Crippen molar-refractivity contribution in [1.29, 1.82) is 0 Å². The highest BCUT2D eigenvalue weighted by Gasteiger charge is 2.45. The summed E-state index contributed by atoms with van der Waals surface area (Å²) in [5, 5.41) is 9.15. The Bertz CT molecular complexity index is 1020. The van der Waals surface area contributed by atoms with Crippen LogP contribution < -0.4 is 10.4 Å². The lowest BCUT2D eigenvalue weighted by Crippen LogP contribution is -2.54. The summed E-state index contributed by atoms with van der Waals surface area (Å²) in [4.78, 5) is 18.6. The second-order valence-electron chi connectivity index (χ2n) is 8.26. The van der Waals surface area contributed by atoms with E-state index in [-0.39, 0.29) is 18.6 Å². The monoisotopic (exact) mass is 460 g/mol. The molecule has 2 saturated heterocycles. The van der Waals surface area contributed by atoms with Gasteiger partial charge in [0.2, 0.25) is 10.0 Å². The molecular weight excluding hydrogens is 432 g/mol. The number of anilines is 1. The molecule has 1 aromatic heterocycles. The van der Waals surface area contributed by atoms with Crippen molar-refractivity contribution in [3.63, 3.8) is 0 Å². The predicted octanol–water partition coefficient (Wildman–Crippen LogP) is 1.50. The van der Waals surface area contributed by atoms with Crippen molar-refractivity contribution in [1.82, 2.24) is 14.8 Å². The molecule has 9 nitrogen and oxygen atoms in total. The molecule has 0 radical (unpaired) electrons. The first-order valence-corrected chi connectivity index (χ1v) is 12.3.